The van der Waals surface area contributed by atoms with Crippen LogP contribution < -0.4 is 4.74 Å². The third kappa shape index (κ3) is 5.11. The van der Waals surface area contributed by atoms with Crippen molar-refractivity contribution < 1.29 is 17.9 Å². The second-order valence-electron chi connectivity index (χ2n) is 6.82. The molecular formula is C17H25F3N2O. The number of alkyl halides is 3. The van der Waals surface area contributed by atoms with Crippen LogP contribution in [0.2, 0.25) is 0 Å². The zero-order valence-corrected chi connectivity index (χ0v) is 14.1. The first-order valence-corrected chi connectivity index (χ1v) is 7.89. The Hall–Kier alpha value is -1.27. The van der Waals surface area contributed by atoms with Crippen LogP contribution in [-0.2, 0) is 6.54 Å². The highest BCUT2D eigenvalue weighted by atomic mass is 19.4. The van der Waals surface area contributed by atoms with Crippen molar-refractivity contribution in [3.05, 3.63) is 29.8 Å². The maximum atomic E-state index is 12.2. The molecule has 1 aromatic carbocycles. The first-order chi connectivity index (χ1) is 10.7. The third-order valence-corrected chi connectivity index (χ3v) is 4.49. The smallest absolute Gasteiger partial charge is 0.406 e. The lowest BCUT2D eigenvalue weighted by atomic mass is 9.91. The van der Waals surface area contributed by atoms with Crippen LogP contribution in [0, 0.1) is 11.8 Å². The number of hydrogen-bond acceptors (Lipinski definition) is 3. The van der Waals surface area contributed by atoms with Crippen LogP contribution in [0.5, 0.6) is 5.75 Å². The van der Waals surface area contributed by atoms with Crippen LogP contribution >= 0.6 is 0 Å². The molecule has 0 bridgehead atoms. The molecule has 1 aliphatic heterocycles. The number of hydrogen-bond donors (Lipinski definition) is 0. The molecule has 1 aromatic rings. The van der Waals surface area contributed by atoms with Gasteiger partial charge in [-0.3, -0.25) is 4.90 Å². The van der Waals surface area contributed by atoms with Crippen molar-refractivity contribution in [3.8, 4) is 5.75 Å². The third-order valence-electron chi connectivity index (χ3n) is 4.49. The van der Waals surface area contributed by atoms with E-state index in [4.69, 9.17) is 0 Å². The average Bonchev–Trinajstić information content (AvgIpc) is 2.84. The molecule has 0 saturated carbocycles. The zero-order valence-electron chi connectivity index (χ0n) is 14.1. The first kappa shape index (κ1) is 18.1. The summed E-state index contributed by atoms with van der Waals surface area (Å²) in [7, 11) is 4.21. The van der Waals surface area contributed by atoms with E-state index in [0.29, 0.717) is 17.9 Å². The standard InChI is InChI=1S/C17H25F3N2O/c1-12(2)15-10-22(11-16(15)21(3)4)9-13-5-7-14(8-6-13)23-17(18,19)20/h5-8,12,15-16H,9-11H2,1-4H3/t15-,16+/m0/s1. The fourth-order valence-electron chi connectivity index (χ4n) is 3.28. The van der Waals surface area contributed by atoms with Gasteiger partial charge in [0.15, 0.2) is 0 Å². The van der Waals surface area contributed by atoms with Crippen molar-refractivity contribution in [3.63, 3.8) is 0 Å². The van der Waals surface area contributed by atoms with Crippen molar-refractivity contribution >= 4 is 0 Å². The molecule has 0 spiro atoms. The van der Waals surface area contributed by atoms with E-state index in [9.17, 15) is 13.2 Å². The van der Waals surface area contributed by atoms with Gasteiger partial charge in [0.05, 0.1) is 0 Å². The molecule has 1 fully saturated rings. The predicted octanol–water partition coefficient (Wildman–Crippen LogP) is 3.60. The normalized spacial score (nSPS) is 23.0. The Morgan fingerprint density at radius 1 is 1.17 bits per heavy atom. The van der Waals surface area contributed by atoms with Crippen LogP contribution in [0.25, 0.3) is 0 Å². The van der Waals surface area contributed by atoms with Gasteiger partial charge in [0, 0.05) is 25.7 Å². The van der Waals surface area contributed by atoms with Crippen LogP contribution in [0.3, 0.4) is 0 Å². The molecular weight excluding hydrogens is 305 g/mol. The van der Waals surface area contributed by atoms with Gasteiger partial charge < -0.3 is 9.64 Å². The van der Waals surface area contributed by atoms with Crippen molar-refractivity contribution in [2.45, 2.75) is 32.8 Å². The minimum absolute atomic E-state index is 0.172. The summed E-state index contributed by atoms with van der Waals surface area (Å²) in [5.41, 5.74) is 1.00. The van der Waals surface area contributed by atoms with Crippen molar-refractivity contribution in [1.82, 2.24) is 9.80 Å². The molecule has 0 aromatic heterocycles. The van der Waals surface area contributed by atoms with Gasteiger partial charge in [-0.2, -0.15) is 0 Å². The van der Waals surface area contributed by atoms with Crippen molar-refractivity contribution in [2.24, 2.45) is 11.8 Å². The molecule has 0 amide bonds. The largest absolute Gasteiger partial charge is 0.573 e. The van der Waals surface area contributed by atoms with Gasteiger partial charge in [-0.05, 0) is 43.6 Å². The molecule has 1 saturated heterocycles. The Balaban J connectivity index is 1.97. The SMILES string of the molecule is CC(C)[C@@H]1CN(Cc2ccc(OC(F)(F)F)cc2)C[C@H]1N(C)C. The Kier molecular flexibility index (Phi) is 5.57. The Morgan fingerprint density at radius 3 is 2.22 bits per heavy atom. The summed E-state index contributed by atoms with van der Waals surface area (Å²) in [4.78, 5) is 4.64. The van der Waals surface area contributed by atoms with Crippen LogP contribution in [-0.4, -0.2) is 49.4 Å². The molecule has 3 nitrogen and oxygen atoms in total. The van der Waals surface area contributed by atoms with Gasteiger partial charge in [-0.1, -0.05) is 26.0 Å². The highest BCUT2D eigenvalue weighted by Gasteiger charge is 2.35. The molecule has 0 unspecified atom stereocenters. The minimum atomic E-state index is -4.64. The van der Waals surface area contributed by atoms with E-state index in [2.05, 4.69) is 42.5 Å². The lowest BCUT2D eigenvalue weighted by molar-refractivity contribution is -0.274. The van der Waals surface area contributed by atoms with Gasteiger partial charge in [0.25, 0.3) is 0 Å². The van der Waals surface area contributed by atoms with Crippen molar-refractivity contribution in [2.75, 3.05) is 27.2 Å². The Morgan fingerprint density at radius 2 is 1.78 bits per heavy atom. The summed E-state index contributed by atoms with van der Waals surface area (Å²) in [6.07, 6.45) is -4.64. The van der Waals surface area contributed by atoms with Gasteiger partial charge in [0.1, 0.15) is 5.75 Å². The van der Waals surface area contributed by atoms with Gasteiger partial charge in [-0.25, -0.2) is 0 Å². The minimum Gasteiger partial charge on any atom is -0.406 e. The van der Waals surface area contributed by atoms with E-state index in [0.717, 1.165) is 25.2 Å². The summed E-state index contributed by atoms with van der Waals surface area (Å²) in [5, 5.41) is 0. The van der Waals surface area contributed by atoms with E-state index in [1.54, 1.807) is 12.1 Å². The monoisotopic (exact) mass is 330 g/mol. The summed E-state index contributed by atoms with van der Waals surface area (Å²) >= 11 is 0. The predicted molar refractivity (Wildman–Crippen MR) is 84.2 cm³/mol. The lowest BCUT2D eigenvalue weighted by Gasteiger charge is -2.27. The molecule has 0 aliphatic carbocycles. The van der Waals surface area contributed by atoms with E-state index in [1.807, 2.05) is 0 Å². The van der Waals surface area contributed by atoms with E-state index < -0.39 is 6.36 Å². The molecule has 1 heterocycles. The number of halogens is 3. The quantitative estimate of drug-likeness (QED) is 0.820. The molecule has 0 radical (unpaired) electrons. The topological polar surface area (TPSA) is 15.7 Å². The van der Waals surface area contributed by atoms with Gasteiger partial charge in [0.2, 0.25) is 0 Å². The number of likely N-dealkylation sites (tertiary alicyclic amines) is 1. The zero-order chi connectivity index (χ0) is 17.2. The Bertz CT molecular complexity index is 484. The average molecular weight is 330 g/mol. The second kappa shape index (κ2) is 7.09. The number of rotatable bonds is 5. The van der Waals surface area contributed by atoms with E-state index in [-0.39, 0.29) is 5.75 Å². The number of benzene rings is 1. The highest BCUT2D eigenvalue weighted by molar-refractivity contribution is 5.27. The second-order valence-corrected chi connectivity index (χ2v) is 6.82. The van der Waals surface area contributed by atoms with Gasteiger partial charge in [-0.15, -0.1) is 13.2 Å². The summed E-state index contributed by atoms with van der Waals surface area (Å²) in [6, 6.07) is 6.68. The molecule has 2 atom stereocenters. The maximum absolute atomic E-state index is 12.2. The number of nitrogens with zero attached hydrogens (tertiary/aromatic N) is 2. The fraction of sp³-hybridized carbons (Fsp3) is 0.647. The van der Waals surface area contributed by atoms with Crippen LogP contribution in [0.4, 0.5) is 13.2 Å². The van der Waals surface area contributed by atoms with E-state index >= 15 is 0 Å². The molecule has 6 heteroatoms. The van der Waals surface area contributed by atoms with Crippen molar-refractivity contribution in [1.29, 1.82) is 0 Å². The molecule has 0 N–H and O–H groups in total. The maximum Gasteiger partial charge on any atom is 0.573 e. The fourth-order valence-corrected chi connectivity index (χ4v) is 3.28. The van der Waals surface area contributed by atoms with E-state index in [1.165, 1.54) is 12.1 Å². The summed E-state index contributed by atoms with van der Waals surface area (Å²) < 4.78 is 40.4. The summed E-state index contributed by atoms with van der Waals surface area (Å²) in [6.45, 7) is 7.24. The Labute approximate surface area is 136 Å². The van der Waals surface area contributed by atoms with Crippen LogP contribution in [0.1, 0.15) is 19.4 Å². The van der Waals surface area contributed by atoms with Gasteiger partial charge >= 0.3 is 6.36 Å². The number of ether oxygens (including phenoxy) is 1. The molecule has 2 rings (SSSR count). The lowest BCUT2D eigenvalue weighted by Crippen LogP contribution is -2.37. The first-order valence-electron chi connectivity index (χ1n) is 7.89. The molecule has 130 valence electrons. The molecule has 23 heavy (non-hydrogen) atoms. The molecule has 1 aliphatic rings. The number of likely N-dealkylation sites (N-methyl/N-ethyl adjacent to an activating group) is 1. The van der Waals surface area contributed by atoms with Crippen LogP contribution in [0.15, 0.2) is 24.3 Å². The summed E-state index contributed by atoms with van der Waals surface area (Å²) in [5.74, 6) is 1.04. The highest BCUT2D eigenvalue weighted by Crippen LogP contribution is 2.29.